The molecule has 0 bridgehead atoms. The molecular weight excluding hydrogens is 206 g/mol. The SMILES string of the molecule is c1nc2c(c(C3CCSCC3)n1)CNC2. The van der Waals surface area contributed by atoms with Crippen LogP contribution in [0.2, 0.25) is 0 Å². The molecule has 2 aliphatic rings. The van der Waals surface area contributed by atoms with Gasteiger partial charge in [0.2, 0.25) is 0 Å². The standard InChI is InChI=1S/C11H15N3S/c1-3-15-4-2-8(1)11-9-5-12-6-10(9)13-7-14-11/h7-8,12H,1-6H2. The monoisotopic (exact) mass is 221 g/mol. The number of nitrogens with one attached hydrogen (secondary N) is 1. The molecule has 3 nitrogen and oxygen atoms in total. The summed E-state index contributed by atoms with van der Waals surface area (Å²) in [7, 11) is 0. The molecule has 1 aromatic rings. The van der Waals surface area contributed by atoms with Crippen molar-refractivity contribution in [2.75, 3.05) is 11.5 Å². The fourth-order valence-corrected chi connectivity index (χ4v) is 3.54. The van der Waals surface area contributed by atoms with E-state index < -0.39 is 0 Å². The molecule has 3 rings (SSSR count). The average Bonchev–Trinajstić information content (AvgIpc) is 2.78. The van der Waals surface area contributed by atoms with Gasteiger partial charge in [-0.2, -0.15) is 11.8 Å². The smallest absolute Gasteiger partial charge is 0.116 e. The number of fused-ring (bicyclic) bond motifs is 1. The molecule has 80 valence electrons. The lowest BCUT2D eigenvalue weighted by Gasteiger charge is -2.22. The van der Waals surface area contributed by atoms with Crippen LogP contribution in [0.1, 0.15) is 35.7 Å². The van der Waals surface area contributed by atoms with Crippen LogP contribution in [0.4, 0.5) is 0 Å². The summed E-state index contributed by atoms with van der Waals surface area (Å²) in [6.45, 7) is 1.89. The Morgan fingerprint density at radius 3 is 2.93 bits per heavy atom. The molecular formula is C11H15N3S. The summed E-state index contributed by atoms with van der Waals surface area (Å²) in [5.74, 6) is 3.26. The maximum Gasteiger partial charge on any atom is 0.116 e. The number of hydrogen-bond acceptors (Lipinski definition) is 4. The van der Waals surface area contributed by atoms with E-state index >= 15 is 0 Å². The van der Waals surface area contributed by atoms with Gasteiger partial charge in [-0.25, -0.2) is 9.97 Å². The predicted octanol–water partition coefficient (Wildman–Crippen LogP) is 1.69. The summed E-state index contributed by atoms with van der Waals surface area (Å²) in [5, 5.41) is 3.36. The molecule has 4 heteroatoms. The lowest BCUT2D eigenvalue weighted by molar-refractivity contribution is 0.608. The van der Waals surface area contributed by atoms with Gasteiger partial charge in [0, 0.05) is 24.6 Å². The van der Waals surface area contributed by atoms with Gasteiger partial charge in [0.1, 0.15) is 6.33 Å². The van der Waals surface area contributed by atoms with E-state index in [1.165, 1.54) is 41.3 Å². The largest absolute Gasteiger partial charge is 0.307 e. The summed E-state index contributed by atoms with van der Waals surface area (Å²) < 4.78 is 0. The van der Waals surface area contributed by atoms with E-state index in [-0.39, 0.29) is 0 Å². The van der Waals surface area contributed by atoms with Gasteiger partial charge in [0.25, 0.3) is 0 Å². The highest BCUT2D eigenvalue weighted by molar-refractivity contribution is 7.99. The second kappa shape index (κ2) is 4.10. The predicted molar refractivity (Wildman–Crippen MR) is 61.9 cm³/mol. The third-order valence-electron chi connectivity index (χ3n) is 3.27. The first-order valence-electron chi connectivity index (χ1n) is 5.56. The Bertz CT molecular complexity index is 361. The molecule has 2 aliphatic heterocycles. The first kappa shape index (κ1) is 9.60. The van der Waals surface area contributed by atoms with E-state index in [9.17, 15) is 0 Å². The van der Waals surface area contributed by atoms with Gasteiger partial charge in [-0.15, -0.1) is 0 Å². The molecule has 15 heavy (non-hydrogen) atoms. The van der Waals surface area contributed by atoms with Gasteiger partial charge in [-0.3, -0.25) is 0 Å². The van der Waals surface area contributed by atoms with Gasteiger partial charge >= 0.3 is 0 Å². The van der Waals surface area contributed by atoms with E-state index in [4.69, 9.17) is 0 Å². The van der Waals surface area contributed by atoms with E-state index in [0.29, 0.717) is 5.92 Å². The third-order valence-corrected chi connectivity index (χ3v) is 4.32. The van der Waals surface area contributed by atoms with Crippen LogP contribution < -0.4 is 5.32 Å². The third kappa shape index (κ3) is 1.76. The molecule has 1 aromatic heterocycles. The summed E-state index contributed by atoms with van der Waals surface area (Å²) in [4.78, 5) is 8.85. The molecule has 0 saturated carbocycles. The molecule has 0 atom stereocenters. The fraction of sp³-hybridized carbons (Fsp3) is 0.636. The van der Waals surface area contributed by atoms with Crippen molar-refractivity contribution in [3.63, 3.8) is 0 Å². The van der Waals surface area contributed by atoms with Crippen LogP contribution in [0, 0.1) is 0 Å². The summed E-state index contributed by atoms with van der Waals surface area (Å²) in [6, 6.07) is 0. The van der Waals surface area contributed by atoms with Crippen LogP contribution in [0.5, 0.6) is 0 Å². The zero-order valence-corrected chi connectivity index (χ0v) is 9.52. The van der Waals surface area contributed by atoms with Crippen molar-refractivity contribution in [3.05, 3.63) is 23.3 Å². The molecule has 0 aromatic carbocycles. The van der Waals surface area contributed by atoms with E-state index in [0.717, 1.165) is 13.1 Å². The van der Waals surface area contributed by atoms with Crippen LogP contribution in [-0.4, -0.2) is 21.5 Å². The van der Waals surface area contributed by atoms with Crippen LogP contribution >= 0.6 is 11.8 Å². The van der Waals surface area contributed by atoms with Crippen molar-refractivity contribution in [2.45, 2.75) is 31.8 Å². The maximum absolute atomic E-state index is 4.51. The summed E-state index contributed by atoms with van der Waals surface area (Å²) in [5.41, 5.74) is 3.93. The number of nitrogens with zero attached hydrogens (tertiary/aromatic N) is 2. The van der Waals surface area contributed by atoms with Crippen molar-refractivity contribution in [1.29, 1.82) is 0 Å². The van der Waals surface area contributed by atoms with Gasteiger partial charge < -0.3 is 5.32 Å². The summed E-state index contributed by atoms with van der Waals surface area (Å²) in [6.07, 6.45) is 4.31. The molecule has 0 aliphatic carbocycles. The lowest BCUT2D eigenvalue weighted by atomic mass is 9.94. The van der Waals surface area contributed by atoms with E-state index in [2.05, 4.69) is 27.0 Å². The minimum absolute atomic E-state index is 0.683. The topological polar surface area (TPSA) is 37.8 Å². The Hall–Kier alpha value is -0.610. The lowest BCUT2D eigenvalue weighted by Crippen LogP contribution is -2.13. The van der Waals surface area contributed by atoms with Gasteiger partial charge in [0.15, 0.2) is 0 Å². The first-order valence-corrected chi connectivity index (χ1v) is 6.72. The molecule has 0 unspecified atom stereocenters. The van der Waals surface area contributed by atoms with Crippen molar-refractivity contribution in [1.82, 2.24) is 15.3 Å². The Kier molecular flexibility index (Phi) is 2.63. The molecule has 1 fully saturated rings. The van der Waals surface area contributed by atoms with Crippen molar-refractivity contribution in [2.24, 2.45) is 0 Å². The highest BCUT2D eigenvalue weighted by Crippen LogP contribution is 2.33. The number of rotatable bonds is 1. The number of aromatic nitrogens is 2. The molecule has 1 saturated heterocycles. The Balaban J connectivity index is 1.93. The van der Waals surface area contributed by atoms with Gasteiger partial charge in [0.05, 0.1) is 11.4 Å². The zero-order chi connectivity index (χ0) is 10.1. The van der Waals surface area contributed by atoms with E-state index in [1.807, 2.05) is 0 Å². The summed E-state index contributed by atoms with van der Waals surface area (Å²) >= 11 is 2.07. The highest BCUT2D eigenvalue weighted by atomic mass is 32.2. The Morgan fingerprint density at radius 1 is 1.20 bits per heavy atom. The normalized spacial score (nSPS) is 21.6. The molecule has 0 amide bonds. The fourth-order valence-electron chi connectivity index (χ4n) is 2.44. The average molecular weight is 221 g/mol. The van der Waals surface area contributed by atoms with Crippen molar-refractivity contribution in [3.8, 4) is 0 Å². The van der Waals surface area contributed by atoms with Crippen molar-refractivity contribution < 1.29 is 0 Å². The van der Waals surface area contributed by atoms with E-state index in [1.54, 1.807) is 6.33 Å². The second-order valence-electron chi connectivity index (χ2n) is 4.17. The van der Waals surface area contributed by atoms with Crippen LogP contribution in [0.15, 0.2) is 6.33 Å². The van der Waals surface area contributed by atoms with Crippen LogP contribution in [0.25, 0.3) is 0 Å². The van der Waals surface area contributed by atoms with Crippen molar-refractivity contribution >= 4 is 11.8 Å². The minimum atomic E-state index is 0.683. The van der Waals surface area contributed by atoms with Gasteiger partial charge in [-0.1, -0.05) is 0 Å². The van der Waals surface area contributed by atoms with Crippen LogP contribution in [0.3, 0.4) is 0 Å². The first-order chi connectivity index (χ1) is 7.45. The maximum atomic E-state index is 4.51. The molecule has 1 N–H and O–H groups in total. The van der Waals surface area contributed by atoms with Crippen LogP contribution in [-0.2, 0) is 13.1 Å². The molecule has 3 heterocycles. The highest BCUT2D eigenvalue weighted by Gasteiger charge is 2.24. The Labute approximate surface area is 94.1 Å². The number of thioether (sulfide) groups is 1. The zero-order valence-electron chi connectivity index (χ0n) is 8.70. The number of hydrogen-bond donors (Lipinski definition) is 1. The molecule has 0 spiro atoms. The van der Waals surface area contributed by atoms with Gasteiger partial charge in [-0.05, 0) is 24.3 Å². The molecule has 0 radical (unpaired) electrons. The second-order valence-corrected chi connectivity index (χ2v) is 5.40. The Morgan fingerprint density at radius 2 is 2.07 bits per heavy atom. The minimum Gasteiger partial charge on any atom is -0.307 e. The quantitative estimate of drug-likeness (QED) is 0.783.